The van der Waals surface area contributed by atoms with Crippen LogP contribution in [0.25, 0.3) is 21.3 Å². The number of rotatable bonds is 7. The Balaban J connectivity index is 1.73. The van der Waals surface area contributed by atoms with Crippen LogP contribution in [0.3, 0.4) is 0 Å². The molecule has 0 bridgehead atoms. The molecule has 1 N–H and O–H groups in total. The predicted octanol–water partition coefficient (Wildman–Crippen LogP) is 5.94. The zero-order chi connectivity index (χ0) is 23.5. The standard InChI is InChI=1S/C25H24ClN3O3S/c1-4-15-6-8-16(9-7-15)18-13-33-24-22(18)25(31)29(14-27-24)20(5-2)23(30)28-19-12-17(26)10-11-21(19)32-3/h6-14,20H,4-5H2,1-3H3,(H,28,30). The fraction of sp³-hybridized carbons (Fsp3) is 0.240. The summed E-state index contributed by atoms with van der Waals surface area (Å²) in [5, 5.41) is 5.79. The summed E-state index contributed by atoms with van der Waals surface area (Å²) in [5.74, 6) is 0.143. The maximum Gasteiger partial charge on any atom is 0.263 e. The molecule has 6 nitrogen and oxygen atoms in total. The molecule has 0 fully saturated rings. The highest BCUT2D eigenvalue weighted by Gasteiger charge is 2.23. The van der Waals surface area contributed by atoms with E-state index in [1.807, 2.05) is 24.4 Å². The van der Waals surface area contributed by atoms with Crippen LogP contribution in [-0.4, -0.2) is 22.6 Å². The smallest absolute Gasteiger partial charge is 0.263 e. The number of ether oxygens (including phenoxy) is 1. The molecule has 0 spiro atoms. The number of thiophene rings is 1. The third kappa shape index (κ3) is 4.51. The van der Waals surface area contributed by atoms with Crippen LogP contribution < -0.4 is 15.6 Å². The molecule has 33 heavy (non-hydrogen) atoms. The molecule has 1 atom stereocenters. The Labute approximate surface area is 200 Å². The van der Waals surface area contributed by atoms with Gasteiger partial charge in [-0.05, 0) is 42.2 Å². The van der Waals surface area contributed by atoms with Crippen LogP contribution in [-0.2, 0) is 11.2 Å². The lowest BCUT2D eigenvalue weighted by Gasteiger charge is -2.19. The van der Waals surface area contributed by atoms with Gasteiger partial charge < -0.3 is 10.1 Å². The molecule has 2 aromatic heterocycles. The van der Waals surface area contributed by atoms with E-state index < -0.39 is 6.04 Å². The third-order valence-corrected chi connectivity index (χ3v) is 6.76. The van der Waals surface area contributed by atoms with Crippen molar-refractivity contribution in [3.8, 4) is 16.9 Å². The van der Waals surface area contributed by atoms with Gasteiger partial charge >= 0.3 is 0 Å². The van der Waals surface area contributed by atoms with Crippen LogP contribution in [0.15, 0.2) is 59.0 Å². The quantitative estimate of drug-likeness (QED) is 0.354. The van der Waals surface area contributed by atoms with E-state index in [9.17, 15) is 9.59 Å². The number of amides is 1. The second-order valence-electron chi connectivity index (χ2n) is 7.59. The summed E-state index contributed by atoms with van der Waals surface area (Å²) in [7, 11) is 1.52. The van der Waals surface area contributed by atoms with Crippen molar-refractivity contribution in [1.82, 2.24) is 9.55 Å². The number of fused-ring (bicyclic) bond motifs is 1. The van der Waals surface area contributed by atoms with Gasteiger partial charge in [-0.15, -0.1) is 11.3 Å². The van der Waals surface area contributed by atoms with Gasteiger partial charge in [0.25, 0.3) is 5.56 Å². The summed E-state index contributed by atoms with van der Waals surface area (Å²) < 4.78 is 6.73. The van der Waals surface area contributed by atoms with Gasteiger partial charge in [0.05, 0.1) is 24.5 Å². The van der Waals surface area contributed by atoms with Gasteiger partial charge in [0.15, 0.2) is 0 Å². The number of methoxy groups -OCH3 is 1. The maximum absolute atomic E-state index is 13.5. The van der Waals surface area contributed by atoms with E-state index in [0.29, 0.717) is 33.1 Å². The molecule has 0 saturated heterocycles. The van der Waals surface area contributed by atoms with Gasteiger partial charge in [0.2, 0.25) is 5.91 Å². The van der Waals surface area contributed by atoms with Crippen LogP contribution in [0.5, 0.6) is 5.75 Å². The normalized spacial score (nSPS) is 12.0. The van der Waals surface area contributed by atoms with Crippen LogP contribution >= 0.6 is 22.9 Å². The number of anilines is 1. The van der Waals surface area contributed by atoms with Crippen molar-refractivity contribution in [3.63, 3.8) is 0 Å². The molecule has 0 aliphatic rings. The Hall–Kier alpha value is -3.16. The van der Waals surface area contributed by atoms with Crippen molar-refractivity contribution < 1.29 is 9.53 Å². The first-order chi connectivity index (χ1) is 16.0. The SMILES string of the molecule is CCc1ccc(-c2csc3ncn(C(CC)C(=O)Nc4cc(Cl)ccc4OC)c(=O)c23)cc1. The van der Waals surface area contributed by atoms with E-state index in [4.69, 9.17) is 16.3 Å². The molecule has 0 aliphatic heterocycles. The van der Waals surface area contributed by atoms with Crippen LogP contribution in [0, 0.1) is 0 Å². The van der Waals surface area contributed by atoms with Gasteiger partial charge in [-0.3, -0.25) is 14.2 Å². The molecule has 4 aromatic rings. The molecule has 170 valence electrons. The number of hydrogen-bond donors (Lipinski definition) is 1. The summed E-state index contributed by atoms with van der Waals surface area (Å²) in [6.45, 7) is 3.96. The Morgan fingerprint density at radius 3 is 2.64 bits per heavy atom. The predicted molar refractivity (Wildman–Crippen MR) is 135 cm³/mol. The number of carbonyl (C=O) groups excluding carboxylic acids is 1. The summed E-state index contributed by atoms with van der Waals surface area (Å²) in [5.41, 5.74) is 3.22. The molecule has 0 saturated carbocycles. The molecule has 2 aromatic carbocycles. The lowest BCUT2D eigenvalue weighted by molar-refractivity contribution is -0.119. The number of aryl methyl sites for hydroxylation is 1. The second kappa shape index (κ2) is 9.77. The average molecular weight is 482 g/mol. The molecule has 2 heterocycles. The topological polar surface area (TPSA) is 73.2 Å². The number of nitrogens with one attached hydrogen (secondary N) is 1. The van der Waals surface area contributed by atoms with E-state index in [1.54, 1.807) is 18.2 Å². The number of carbonyl (C=O) groups is 1. The summed E-state index contributed by atoms with van der Waals surface area (Å²) in [6.07, 6.45) is 2.81. The summed E-state index contributed by atoms with van der Waals surface area (Å²) in [4.78, 5) is 31.9. The number of aromatic nitrogens is 2. The monoisotopic (exact) mass is 481 g/mol. The number of benzene rings is 2. The zero-order valence-electron chi connectivity index (χ0n) is 18.6. The zero-order valence-corrected chi connectivity index (χ0v) is 20.2. The van der Waals surface area contributed by atoms with Crippen LogP contribution in [0.2, 0.25) is 5.02 Å². The average Bonchev–Trinajstić information content (AvgIpc) is 3.26. The lowest BCUT2D eigenvalue weighted by atomic mass is 10.0. The minimum absolute atomic E-state index is 0.240. The Morgan fingerprint density at radius 1 is 1.21 bits per heavy atom. The lowest BCUT2D eigenvalue weighted by Crippen LogP contribution is -2.33. The molecular weight excluding hydrogens is 458 g/mol. The molecule has 8 heteroatoms. The number of nitrogens with zero attached hydrogens (tertiary/aromatic N) is 2. The highest BCUT2D eigenvalue weighted by molar-refractivity contribution is 7.17. The minimum Gasteiger partial charge on any atom is -0.495 e. The van der Waals surface area contributed by atoms with Crippen LogP contribution in [0.4, 0.5) is 5.69 Å². The molecule has 1 unspecified atom stereocenters. The van der Waals surface area contributed by atoms with Gasteiger partial charge in [-0.2, -0.15) is 0 Å². The van der Waals surface area contributed by atoms with Gasteiger partial charge in [0.1, 0.15) is 16.6 Å². The van der Waals surface area contributed by atoms with E-state index in [-0.39, 0.29) is 11.5 Å². The van der Waals surface area contributed by atoms with E-state index in [2.05, 4.69) is 29.4 Å². The Morgan fingerprint density at radius 2 is 1.97 bits per heavy atom. The largest absolute Gasteiger partial charge is 0.495 e. The third-order valence-electron chi connectivity index (χ3n) is 5.64. The first-order valence-corrected chi connectivity index (χ1v) is 11.9. The van der Waals surface area contributed by atoms with E-state index in [0.717, 1.165) is 17.5 Å². The number of halogens is 1. The molecule has 0 aliphatic carbocycles. The Bertz CT molecular complexity index is 1360. The van der Waals surface area contributed by atoms with Crippen molar-refractivity contribution in [3.05, 3.63) is 75.1 Å². The van der Waals surface area contributed by atoms with Gasteiger partial charge in [-0.1, -0.05) is 49.7 Å². The van der Waals surface area contributed by atoms with Crippen molar-refractivity contribution in [2.75, 3.05) is 12.4 Å². The fourth-order valence-corrected chi connectivity index (χ4v) is 4.88. The van der Waals surface area contributed by atoms with Crippen molar-refractivity contribution >= 4 is 44.7 Å². The highest BCUT2D eigenvalue weighted by atomic mass is 35.5. The maximum atomic E-state index is 13.5. The Kier molecular flexibility index (Phi) is 6.81. The molecular formula is C25H24ClN3O3S. The van der Waals surface area contributed by atoms with Gasteiger partial charge in [0, 0.05) is 16.0 Å². The van der Waals surface area contributed by atoms with Crippen LogP contribution in [0.1, 0.15) is 31.9 Å². The molecule has 0 radical (unpaired) electrons. The summed E-state index contributed by atoms with van der Waals surface area (Å²) in [6, 6.07) is 12.4. The number of hydrogen-bond acceptors (Lipinski definition) is 5. The van der Waals surface area contributed by atoms with Gasteiger partial charge in [-0.25, -0.2) is 4.98 Å². The minimum atomic E-state index is -0.742. The van der Waals surface area contributed by atoms with Crippen molar-refractivity contribution in [2.24, 2.45) is 0 Å². The summed E-state index contributed by atoms with van der Waals surface area (Å²) >= 11 is 7.51. The van der Waals surface area contributed by atoms with Crippen molar-refractivity contribution in [1.29, 1.82) is 0 Å². The van der Waals surface area contributed by atoms with E-state index in [1.165, 1.54) is 34.9 Å². The fourth-order valence-electron chi connectivity index (χ4n) is 3.80. The molecule has 4 rings (SSSR count). The highest BCUT2D eigenvalue weighted by Crippen LogP contribution is 2.32. The first kappa shape index (κ1) is 23.0. The van der Waals surface area contributed by atoms with E-state index >= 15 is 0 Å². The molecule has 1 amide bonds. The first-order valence-electron chi connectivity index (χ1n) is 10.7. The second-order valence-corrected chi connectivity index (χ2v) is 8.89. The van der Waals surface area contributed by atoms with Crippen molar-refractivity contribution in [2.45, 2.75) is 32.7 Å².